The van der Waals surface area contributed by atoms with Crippen molar-refractivity contribution in [2.24, 2.45) is 7.05 Å². The number of nitrogens with zero attached hydrogens (tertiary/aromatic N) is 3. The molecule has 1 aromatic rings. The third kappa shape index (κ3) is 4.01. The second-order valence-electron chi connectivity index (χ2n) is 4.23. The SMILES string of the molecule is Cc1cnn(C)c1CNCCCN(C)C. The zero-order chi connectivity index (χ0) is 11.3. The van der Waals surface area contributed by atoms with Crippen LogP contribution in [0.3, 0.4) is 0 Å². The monoisotopic (exact) mass is 210 g/mol. The van der Waals surface area contributed by atoms with E-state index < -0.39 is 0 Å². The molecule has 15 heavy (non-hydrogen) atoms. The van der Waals surface area contributed by atoms with Gasteiger partial charge in [-0.05, 0) is 46.1 Å². The topological polar surface area (TPSA) is 33.1 Å². The van der Waals surface area contributed by atoms with Crippen LogP contribution < -0.4 is 5.32 Å². The van der Waals surface area contributed by atoms with Gasteiger partial charge in [0.05, 0.1) is 11.9 Å². The van der Waals surface area contributed by atoms with E-state index in [0.717, 1.165) is 19.6 Å². The summed E-state index contributed by atoms with van der Waals surface area (Å²) in [5.41, 5.74) is 2.54. The highest BCUT2D eigenvalue weighted by Gasteiger charge is 2.02. The van der Waals surface area contributed by atoms with E-state index in [9.17, 15) is 0 Å². The van der Waals surface area contributed by atoms with E-state index in [4.69, 9.17) is 0 Å². The molecule has 0 fully saturated rings. The maximum atomic E-state index is 4.21. The average Bonchev–Trinajstić information content (AvgIpc) is 2.47. The van der Waals surface area contributed by atoms with Crippen molar-refractivity contribution in [3.63, 3.8) is 0 Å². The maximum absolute atomic E-state index is 4.21. The van der Waals surface area contributed by atoms with Crippen LogP contribution in [-0.4, -0.2) is 41.9 Å². The van der Waals surface area contributed by atoms with Gasteiger partial charge in [-0.1, -0.05) is 0 Å². The summed E-state index contributed by atoms with van der Waals surface area (Å²) in [6.45, 7) is 5.21. The number of nitrogens with one attached hydrogen (secondary N) is 1. The van der Waals surface area contributed by atoms with Gasteiger partial charge in [-0.2, -0.15) is 5.10 Å². The van der Waals surface area contributed by atoms with Crippen molar-refractivity contribution in [2.45, 2.75) is 19.9 Å². The van der Waals surface area contributed by atoms with Crippen LogP contribution in [0.25, 0.3) is 0 Å². The van der Waals surface area contributed by atoms with Crippen LogP contribution in [0.4, 0.5) is 0 Å². The molecule has 0 amide bonds. The first-order valence-corrected chi connectivity index (χ1v) is 5.44. The Balaban J connectivity index is 2.20. The predicted molar refractivity (Wildman–Crippen MR) is 62.8 cm³/mol. The fraction of sp³-hybridized carbons (Fsp3) is 0.727. The van der Waals surface area contributed by atoms with Gasteiger partial charge < -0.3 is 10.2 Å². The largest absolute Gasteiger partial charge is 0.311 e. The zero-order valence-electron chi connectivity index (χ0n) is 10.2. The van der Waals surface area contributed by atoms with Gasteiger partial charge in [0.25, 0.3) is 0 Å². The van der Waals surface area contributed by atoms with Crippen molar-refractivity contribution < 1.29 is 0 Å². The van der Waals surface area contributed by atoms with E-state index in [1.54, 1.807) is 0 Å². The Morgan fingerprint density at radius 3 is 2.73 bits per heavy atom. The van der Waals surface area contributed by atoms with E-state index in [1.807, 2.05) is 17.9 Å². The summed E-state index contributed by atoms with van der Waals surface area (Å²) in [6, 6.07) is 0. The first kappa shape index (κ1) is 12.2. The molecule has 0 bridgehead atoms. The maximum Gasteiger partial charge on any atom is 0.0547 e. The molecule has 4 heteroatoms. The van der Waals surface area contributed by atoms with Crippen LogP contribution >= 0.6 is 0 Å². The van der Waals surface area contributed by atoms with Gasteiger partial charge in [0.1, 0.15) is 0 Å². The van der Waals surface area contributed by atoms with Gasteiger partial charge in [-0.15, -0.1) is 0 Å². The first-order valence-electron chi connectivity index (χ1n) is 5.44. The smallest absolute Gasteiger partial charge is 0.0547 e. The van der Waals surface area contributed by atoms with E-state index in [0.29, 0.717) is 0 Å². The van der Waals surface area contributed by atoms with Gasteiger partial charge in [0.2, 0.25) is 0 Å². The molecule has 86 valence electrons. The first-order chi connectivity index (χ1) is 7.11. The highest BCUT2D eigenvalue weighted by atomic mass is 15.3. The molecule has 0 unspecified atom stereocenters. The molecule has 1 rings (SSSR count). The Labute approximate surface area is 92.3 Å². The predicted octanol–water partition coefficient (Wildman–Crippen LogP) is 0.770. The van der Waals surface area contributed by atoms with Crippen LogP contribution in [0, 0.1) is 6.92 Å². The van der Waals surface area contributed by atoms with Crippen LogP contribution in [-0.2, 0) is 13.6 Å². The van der Waals surface area contributed by atoms with E-state index >= 15 is 0 Å². The summed E-state index contributed by atoms with van der Waals surface area (Å²) in [7, 11) is 6.19. The summed E-state index contributed by atoms with van der Waals surface area (Å²) < 4.78 is 1.94. The summed E-state index contributed by atoms with van der Waals surface area (Å²) >= 11 is 0. The number of hydrogen-bond acceptors (Lipinski definition) is 3. The summed E-state index contributed by atoms with van der Waals surface area (Å²) in [6.07, 6.45) is 3.10. The minimum atomic E-state index is 0.912. The number of hydrogen-bond donors (Lipinski definition) is 1. The Morgan fingerprint density at radius 2 is 2.20 bits per heavy atom. The van der Waals surface area contributed by atoms with Crippen molar-refractivity contribution >= 4 is 0 Å². The van der Waals surface area contributed by atoms with Crippen molar-refractivity contribution in [1.29, 1.82) is 0 Å². The summed E-state index contributed by atoms with van der Waals surface area (Å²) in [5.74, 6) is 0. The molecular weight excluding hydrogens is 188 g/mol. The van der Waals surface area contributed by atoms with Gasteiger partial charge >= 0.3 is 0 Å². The number of rotatable bonds is 6. The Morgan fingerprint density at radius 1 is 1.47 bits per heavy atom. The molecule has 0 saturated heterocycles. The van der Waals surface area contributed by atoms with Crippen molar-refractivity contribution in [2.75, 3.05) is 27.2 Å². The van der Waals surface area contributed by atoms with E-state index in [1.165, 1.54) is 17.7 Å². The van der Waals surface area contributed by atoms with Crippen LogP contribution in [0.2, 0.25) is 0 Å². The average molecular weight is 210 g/mol. The molecule has 1 heterocycles. The normalized spacial score (nSPS) is 11.3. The molecule has 0 atom stereocenters. The lowest BCUT2D eigenvalue weighted by atomic mass is 10.2. The second kappa shape index (κ2) is 5.88. The van der Waals surface area contributed by atoms with Gasteiger partial charge in [0.15, 0.2) is 0 Å². The third-order valence-electron chi connectivity index (χ3n) is 2.52. The Bertz CT molecular complexity index is 271. The molecule has 4 nitrogen and oxygen atoms in total. The highest BCUT2D eigenvalue weighted by Crippen LogP contribution is 2.04. The molecule has 0 spiro atoms. The van der Waals surface area contributed by atoms with E-state index in [2.05, 4.69) is 36.3 Å². The van der Waals surface area contributed by atoms with Crippen LogP contribution in [0.1, 0.15) is 17.7 Å². The molecule has 1 N–H and O–H groups in total. The number of aromatic nitrogens is 2. The second-order valence-corrected chi connectivity index (χ2v) is 4.23. The highest BCUT2D eigenvalue weighted by molar-refractivity contribution is 5.14. The van der Waals surface area contributed by atoms with Gasteiger partial charge in [-0.3, -0.25) is 4.68 Å². The van der Waals surface area contributed by atoms with E-state index in [-0.39, 0.29) is 0 Å². The van der Waals surface area contributed by atoms with Gasteiger partial charge in [-0.25, -0.2) is 0 Å². The van der Waals surface area contributed by atoms with Crippen molar-refractivity contribution in [3.05, 3.63) is 17.5 Å². The summed E-state index contributed by atoms with van der Waals surface area (Å²) in [4.78, 5) is 2.21. The van der Waals surface area contributed by atoms with Crippen molar-refractivity contribution in [3.8, 4) is 0 Å². The lowest BCUT2D eigenvalue weighted by molar-refractivity contribution is 0.393. The zero-order valence-corrected chi connectivity index (χ0v) is 10.2. The lowest BCUT2D eigenvalue weighted by Gasteiger charge is -2.10. The Kier molecular flexibility index (Phi) is 4.78. The number of aryl methyl sites for hydroxylation is 2. The minimum Gasteiger partial charge on any atom is -0.311 e. The van der Waals surface area contributed by atoms with Crippen LogP contribution in [0.15, 0.2) is 6.20 Å². The standard InChI is InChI=1S/C11H22N4/c1-10-8-13-15(4)11(10)9-12-6-5-7-14(2)3/h8,12H,5-7,9H2,1-4H3. The minimum absolute atomic E-state index is 0.912. The quantitative estimate of drug-likeness (QED) is 0.704. The molecule has 1 aromatic heterocycles. The molecule has 0 aliphatic carbocycles. The fourth-order valence-electron chi connectivity index (χ4n) is 1.55. The fourth-order valence-corrected chi connectivity index (χ4v) is 1.55. The molecule has 0 aromatic carbocycles. The molecule has 0 saturated carbocycles. The lowest BCUT2D eigenvalue weighted by Crippen LogP contribution is -2.22. The molecule has 0 aliphatic heterocycles. The molecular formula is C11H22N4. The van der Waals surface area contributed by atoms with Crippen molar-refractivity contribution in [1.82, 2.24) is 20.0 Å². The van der Waals surface area contributed by atoms with Crippen LogP contribution in [0.5, 0.6) is 0 Å². The summed E-state index contributed by atoms with van der Waals surface area (Å²) in [5, 5.41) is 7.65. The molecule has 0 radical (unpaired) electrons. The third-order valence-corrected chi connectivity index (χ3v) is 2.52. The Hall–Kier alpha value is -0.870. The molecule has 0 aliphatic rings. The van der Waals surface area contributed by atoms with Gasteiger partial charge in [0, 0.05) is 13.6 Å².